The van der Waals surface area contributed by atoms with Crippen molar-refractivity contribution in [1.82, 2.24) is 0 Å². The highest BCUT2D eigenvalue weighted by atomic mass is 15.2. The summed E-state index contributed by atoms with van der Waals surface area (Å²) in [5, 5.41) is 0. The summed E-state index contributed by atoms with van der Waals surface area (Å²) in [6.45, 7) is 2.18. The molecule has 0 spiro atoms. The second-order valence-corrected chi connectivity index (χ2v) is 2.82. The number of rotatable bonds is 1. The molecule has 0 aromatic carbocycles. The van der Waals surface area contributed by atoms with Gasteiger partial charge in [0, 0.05) is 12.5 Å². The average molecular weight is 148 g/mol. The van der Waals surface area contributed by atoms with Crippen molar-refractivity contribution in [1.29, 1.82) is 0 Å². The standard InChI is InChI=1S/C9H12N2/c1-3-8-4-5-9-10(2)6-7-11(8)9/h4-7H,3H2,1-2H3/q+2. The van der Waals surface area contributed by atoms with Gasteiger partial charge >= 0.3 is 5.84 Å². The van der Waals surface area contributed by atoms with Crippen LogP contribution < -0.4 is 0 Å². The van der Waals surface area contributed by atoms with Gasteiger partial charge in [0.2, 0.25) is 12.4 Å². The number of nitrogens with zero attached hydrogens (tertiary/aromatic N) is 2. The fourth-order valence-electron chi connectivity index (χ4n) is 1.47. The molecule has 0 aromatic rings. The van der Waals surface area contributed by atoms with Crippen molar-refractivity contribution in [3.05, 3.63) is 24.6 Å². The first-order chi connectivity index (χ1) is 5.33. The van der Waals surface area contributed by atoms with Crippen LogP contribution in [-0.4, -0.2) is 27.7 Å². The average Bonchev–Trinajstić information content (AvgIpc) is 2.53. The molecule has 2 heterocycles. The lowest BCUT2D eigenvalue weighted by Gasteiger charge is -1.84. The molecule has 11 heavy (non-hydrogen) atoms. The Hall–Kier alpha value is -1.18. The lowest BCUT2D eigenvalue weighted by Crippen LogP contribution is -2.16. The van der Waals surface area contributed by atoms with E-state index in [1.807, 2.05) is 0 Å². The first-order valence-corrected chi connectivity index (χ1v) is 3.94. The number of allylic oxidation sites excluding steroid dienone is 1. The molecule has 0 N–H and O–H groups in total. The summed E-state index contributed by atoms with van der Waals surface area (Å²) in [5.74, 6) is 1.27. The van der Waals surface area contributed by atoms with E-state index in [4.69, 9.17) is 0 Å². The van der Waals surface area contributed by atoms with E-state index in [0.29, 0.717) is 0 Å². The van der Waals surface area contributed by atoms with E-state index in [1.54, 1.807) is 0 Å². The third-order valence-corrected chi connectivity index (χ3v) is 2.14. The van der Waals surface area contributed by atoms with Crippen molar-refractivity contribution >= 4 is 11.5 Å². The molecule has 0 aliphatic carbocycles. The second-order valence-electron chi connectivity index (χ2n) is 2.82. The van der Waals surface area contributed by atoms with Crippen LogP contribution >= 0.6 is 0 Å². The first-order valence-electron chi connectivity index (χ1n) is 3.94. The summed E-state index contributed by atoms with van der Waals surface area (Å²) in [5.41, 5.74) is 1.38. The van der Waals surface area contributed by atoms with Gasteiger partial charge in [-0.15, -0.1) is 9.15 Å². The SMILES string of the molecule is CCC1=[N+]2C=C[N+](C)=C2C=C1. The minimum absolute atomic E-state index is 1.10. The number of hydrogen-bond donors (Lipinski definition) is 0. The van der Waals surface area contributed by atoms with Gasteiger partial charge in [-0.25, -0.2) is 0 Å². The maximum atomic E-state index is 2.22. The molecule has 0 unspecified atom stereocenters. The third-order valence-electron chi connectivity index (χ3n) is 2.14. The Morgan fingerprint density at radius 3 is 2.82 bits per heavy atom. The normalized spacial score (nSPS) is 20.5. The Bertz CT molecular complexity index is 316. The summed E-state index contributed by atoms with van der Waals surface area (Å²) in [4.78, 5) is 0. The largest absolute Gasteiger partial charge is 0.449 e. The Labute approximate surface area is 66.5 Å². The van der Waals surface area contributed by atoms with Gasteiger partial charge in [0.1, 0.15) is 7.05 Å². The summed E-state index contributed by atoms with van der Waals surface area (Å²) in [6, 6.07) is 0. The van der Waals surface area contributed by atoms with Crippen molar-refractivity contribution in [2.75, 3.05) is 7.05 Å². The lowest BCUT2D eigenvalue weighted by atomic mass is 10.3. The van der Waals surface area contributed by atoms with Gasteiger partial charge in [0.25, 0.3) is 0 Å². The van der Waals surface area contributed by atoms with Crippen molar-refractivity contribution in [2.24, 2.45) is 0 Å². The molecule has 0 fully saturated rings. The van der Waals surface area contributed by atoms with Crippen LogP contribution in [0.2, 0.25) is 0 Å². The molecule has 0 radical (unpaired) electrons. The van der Waals surface area contributed by atoms with Crippen LogP contribution in [0.1, 0.15) is 13.3 Å². The van der Waals surface area contributed by atoms with E-state index in [9.17, 15) is 0 Å². The summed E-state index contributed by atoms with van der Waals surface area (Å²) in [6.07, 6.45) is 9.61. The third kappa shape index (κ3) is 0.788. The van der Waals surface area contributed by atoms with E-state index in [0.717, 1.165) is 6.42 Å². The van der Waals surface area contributed by atoms with Crippen LogP contribution in [0, 0.1) is 0 Å². The minimum Gasteiger partial charge on any atom is -0.139 e. The molecule has 2 aliphatic rings. The zero-order valence-corrected chi connectivity index (χ0v) is 6.91. The predicted octanol–water partition coefficient (Wildman–Crippen LogP) is 0.945. The van der Waals surface area contributed by atoms with Crippen molar-refractivity contribution < 1.29 is 9.15 Å². The topological polar surface area (TPSA) is 6.02 Å². The smallest absolute Gasteiger partial charge is 0.139 e. The van der Waals surface area contributed by atoms with E-state index in [-0.39, 0.29) is 0 Å². The van der Waals surface area contributed by atoms with Gasteiger partial charge < -0.3 is 0 Å². The van der Waals surface area contributed by atoms with Gasteiger partial charge in [0.15, 0.2) is 5.71 Å². The Balaban J connectivity index is 2.54. The van der Waals surface area contributed by atoms with Crippen LogP contribution in [0.3, 0.4) is 0 Å². The molecule has 2 aliphatic heterocycles. The Morgan fingerprint density at radius 2 is 2.09 bits per heavy atom. The quantitative estimate of drug-likeness (QED) is 0.488. The summed E-state index contributed by atoms with van der Waals surface area (Å²) in [7, 11) is 2.06. The molecule has 2 heteroatoms. The van der Waals surface area contributed by atoms with Gasteiger partial charge in [-0.05, 0) is 0 Å². The minimum atomic E-state index is 1.10. The van der Waals surface area contributed by atoms with Crippen LogP contribution in [-0.2, 0) is 0 Å². The highest BCUT2D eigenvalue weighted by molar-refractivity contribution is 6.05. The van der Waals surface area contributed by atoms with Crippen LogP contribution in [0.15, 0.2) is 24.6 Å². The molecule has 2 nitrogen and oxygen atoms in total. The van der Waals surface area contributed by atoms with Gasteiger partial charge in [0.05, 0.1) is 6.08 Å². The molecular weight excluding hydrogens is 136 g/mol. The molecule has 2 rings (SSSR count). The van der Waals surface area contributed by atoms with Crippen molar-refractivity contribution in [2.45, 2.75) is 13.3 Å². The van der Waals surface area contributed by atoms with E-state index in [2.05, 4.69) is 47.7 Å². The zero-order chi connectivity index (χ0) is 7.84. The van der Waals surface area contributed by atoms with Crippen LogP contribution in [0.4, 0.5) is 0 Å². The highest BCUT2D eigenvalue weighted by Gasteiger charge is 2.32. The second kappa shape index (κ2) is 2.16. The fourth-order valence-corrected chi connectivity index (χ4v) is 1.47. The summed E-state index contributed by atoms with van der Waals surface area (Å²) < 4.78 is 4.35. The van der Waals surface area contributed by atoms with E-state index < -0.39 is 0 Å². The van der Waals surface area contributed by atoms with E-state index >= 15 is 0 Å². The van der Waals surface area contributed by atoms with Crippen LogP contribution in [0.25, 0.3) is 0 Å². The highest BCUT2D eigenvalue weighted by Crippen LogP contribution is 2.06. The maximum Gasteiger partial charge on any atom is 0.449 e. The molecule has 0 amide bonds. The predicted molar refractivity (Wildman–Crippen MR) is 45.0 cm³/mol. The molecular formula is C9H12N2+2. The molecule has 56 valence electrons. The molecule has 0 bridgehead atoms. The molecule has 0 saturated heterocycles. The van der Waals surface area contributed by atoms with Gasteiger partial charge in [-0.1, -0.05) is 6.92 Å². The number of amidine groups is 1. The van der Waals surface area contributed by atoms with Crippen LogP contribution in [0.5, 0.6) is 0 Å². The van der Waals surface area contributed by atoms with E-state index in [1.165, 1.54) is 11.5 Å². The number of hydrogen-bond acceptors (Lipinski definition) is 0. The lowest BCUT2D eigenvalue weighted by molar-refractivity contribution is -0.455. The molecule has 0 aromatic heterocycles. The van der Waals surface area contributed by atoms with Gasteiger partial charge in [-0.2, -0.15) is 0 Å². The molecule has 0 saturated carbocycles. The zero-order valence-electron chi connectivity index (χ0n) is 6.91. The fraction of sp³-hybridized carbons (Fsp3) is 0.333. The summed E-state index contributed by atoms with van der Waals surface area (Å²) >= 11 is 0. The maximum absolute atomic E-state index is 2.22. The first kappa shape index (κ1) is 6.53. The Kier molecular flexibility index (Phi) is 1.28. The van der Waals surface area contributed by atoms with Crippen molar-refractivity contribution in [3.8, 4) is 0 Å². The molecule has 0 atom stereocenters. The van der Waals surface area contributed by atoms with Gasteiger partial charge in [-0.3, -0.25) is 0 Å². The Morgan fingerprint density at radius 1 is 1.27 bits per heavy atom. The number of fused-ring (bicyclic) bond motifs is 1. The van der Waals surface area contributed by atoms with Crippen molar-refractivity contribution in [3.63, 3.8) is 0 Å². The monoisotopic (exact) mass is 148 g/mol.